The molecule has 5 aliphatic carbocycles. The number of carboxylic acids is 1. The number of hydrogen-bond donors (Lipinski definition) is 2. The Bertz CT molecular complexity index is 907. The van der Waals surface area contributed by atoms with E-state index in [1.807, 2.05) is 0 Å². The maximum absolute atomic E-state index is 12.8. The van der Waals surface area contributed by atoms with E-state index in [2.05, 4.69) is 47.6 Å². The fourth-order valence-electron chi connectivity index (χ4n) is 10.6. The van der Waals surface area contributed by atoms with Crippen LogP contribution in [0.2, 0.25) is 0 Å². The summed E-state index contributed by atoms with van der Waals surface area (Å²) in [5.74, 6) is 0.586. The van der Waals surface area contributed by atoms with E-state index in [9.17, 15) is 15.0 Å². The number of carboxylic acid groups (broad SMARTS) is 1. The molecule has 0 radical (unpaired) electrons. The Hall–Kier alpha value is -0.870. The van der Waals surface area contributed by atoms with Gasteiger partial charge < -0.3 is 14.9 Å². The predicted octanol–water partition coefficient (Wildman–Crippen LogP) is 6.61. The summed E-state index contributed by atoms with van der Waals surface area (Å²) in [6, 6.07) is 0. The molecule has 0 aliphatic heterocycles. The number of carbonyl (C=O) groups is 1. The minimum Gasteiger partial charge on any atom is -0.481 e. The van der Waals surface area contributed by atoms with Gasteiger partial charge in [0.15, 0.2) is 0 Å². The van der Waals surface area contributed by atoms with Gasteiger partial charge in [0.2, 0.25) is 0 Å². The Morgan fingerprint density at radius 3 is 2.26 bits per heavy atom. The minimum atomic E-state index is -0.634. The van der Waals surface area contributed by atoms with Crippen molar-refractivity contribution in [1.82, 2.24) is 0 Å². The SMILES string of the molecule is CO[C@@]1(C)CC[C@]2(C(=O)O)CC[C@]3(C)C(=CC[C@H]4[C@@]5(C)CC[C@H](O)C(C)(C)[C@H]5CC[C@]43C)[C@@H]2C1. The van der Waals surface area contributed by atoms with Crippen molar-refractivity contribution in [2.24, 2.45) is 44.8 Å². The average Bonchev–Trinajstić information content (AvgIpc) is 2.77. The normalized spacial score (nSPS) is 54.1. The van der Waals surface area contributed by atoms with E-state index in [4.69, 9.17) is 4.74 Å². The molecule has 4 nitrogen and oxygen atoms in total. The van der Waals surface area contributed by atoms with Crippen molar-refractivity contribution in [2.75, 3.05) is 7.11 Å². The molecule has 0 aromatic rings. The summed E-state index contributed by atoms with van der Waals surface area (Å²) in [6.07, 6.45) is 11.8. The van der Waals surface area contributed by atoms with E-state index in [0.29, 0.717) is 11.8 Å². The first-order valence-electron chi connectivity index (χ1n) is 13.9. The largest absolute Gasteiger partial charge is 0.481 e. The molecule has 0 aromatic carbocycles. The van der Waals surface area contributed by atoms with Gasteiger partial charge in [-0.2, -0.15) is 0 Å². The molecular weight excluding hydrogens is 424 g/mol. The van der Waals surface area contributed by atoms with E-state index in [-0.39, 0.29) is 39.3 Å². The van der Waals surface area contributed by atoms with Crippen LogP contribution in [0, 0.1) is 44.8 Å². The Morgan fingerprint density at radius 1 is 0.941 bits per heavy atom. The van der Waals surface area contributed by atoms with Gasteiger partial charge in [-0.3, -0.25) is 4.79 Å². The third kappa shape index (κ3) is 2.88. The second-order valence-electron chi connectivity index (χ2n) is 14.5. The van der Waals surface area contributed by atoms with Gasteiger partial charge in [-0.1, -0.05) is 46.3 Å². The van der Waals surface area contributed by atoms with E-state index >= 15 is 0 Å². The molecule has 0 spiro atoms. The number of methoxy groups -OCH3 is 1. The Morgan fingerprint density at radius 2 is 1.62 bits per heavy atom. The monoisotopic (exact) mass is 472 g/mol. The number of allylic oxidation sites excluding steroid dienone is 2. The number of hydrogen-bond acceptors (Lipinski definition) is 3. The Kier molecular flexibility index (Phi) is 5.36. The zero-order chi connectivity index (χ0) is 24.9. The molecule has 0 saturated heterocycles. The molecule has 0 heterocycles. The van der Waals surface area contributed by atoms with Gasteiger partial charge in [-0.05, 0) is 111 Å². The highest BCUT2D eigenvalue weighted by atomic mass is 16.5. The van der Waals surface area contributed by atoms with Crippen molar-refractivity contribution in [3.8, 4) is 0 Å². The van der Waals surface area contributed by atoms with Gasteiger partial charge >= 0.3 is 5.97 Å². The van der Waals surface area contributed by atoms with Crippen molar-refractivity contribution in [1.29, 1.82) is 0 Å². The van der Waals surface area contributed by atoms with E-state index < -0.39 is 11.4 Å². The summed E-state index contributed by atoms with van der Waals surface area (Å²) in [5.41, 5.74) is 0.925. The van der Waals surface area contributed by atoms with Crippen LogP contribution < -0.4 is 0 Å². The Labute approximate surface area is 206 Å². The van der Waals surface area contributed by atoms with E-state index in [1.165, 1.54) is 18.4 Å². The number of aliphatic hydroxyl groups excluding tert-OH is 1. The minimum absolute atomic E-state index is 0.0275. The Balaban J connectivity index is 1.60. The molecule has 4 fully saturated rings. The van der Waals surface area contributed by atoms with Gasteiger partial charge in [0.05, 0.1) is 17.1 Å². The molecule has 0 aromatic heterocycles. The van der Waals surface area contributed by atoms with Crippen LogP contribution in [-0.4, -0.2) is 35.0 Å². The average molecular weight is 473 g/mol. The summed E-state index contributed by atoms with van der Waals surface area (Å²) in [4.78, 5) is 12.8. The van der Waals surface area contributed by atoms with Gasteiger partial charge in [-0.15, -0.1) is 0 Å². The second kappa shape index (κ2) is 7.34. The quantitative estimate of drug-likeness (QED) is 0.444. The molecular formula is C30H48O4. The number of aliphatic hydroxyl groups is 1. The summed E-state index contributed by atoms with van der Waals surface area (Å²) in [7, 11) is 1.80. The number of ether oxygens (including phenoxy) is 1. The fraction of sp³-hybridized carbons (Fsp3) is 0.900. The van der Waals surface area contributed by atoms with Crippen LogP contribution in [0.5, 0.6) is 0 Å². The molecule has 0 bridgehead atoms. The maximum atomic E-state index is 12.8. The number of fused-ring (bicyclic) bond motifs is 7. The van der Waals surface area contributed by atoms with E-state index in [0.717, 1.165) is 51.4 Å². The van der Waals surface area contributed by atoms with Crippen molar-refractivity contribution >= 4 is 5.97 Å². The smallest absolute Gasteiger partial charge is 0.310 e. The van der Waals surface area contributed by atoms with E-state index in [1.54, 1.807) is 7.11 Å². The van der Waals surface area contributed by atoms with Crippen LogP contribution in [0.15, 0.2) is 11.6 Å². The van der Waals surface area contributed by atoms with Crippen molar-refractivity contribution in [3.63, 3.8) is 0 Å². The highest BCUT2D eigenvalue weighted by molar-refractivity contribution is 5.76. The molecule has 4 heteroatoms. The molecule has 5 aliphatic rings. The zero-order valence-corrected chi connectivity index (χ0v) is 22.7. The highest BCUT2D eigenvalue weighted by Gasteiger charge is 2.69. The molecule has 34 heavy (non-hydrogen) atoms. The van der Waals surface area contributed by atoms with Crippen LogP contribution in [-0.2, 0) is 9.53 Å². The van der Waals surface area contributed by atoms with Crippen LogP contribution in [0.25, 0.3) is 0 Å². The van der Waals surface area contributed by atoms with Crippen molar-refractivity contribution < 1.29 is 19.7 Å². The lowest BCUT2D eigenvalue weighted by Gasteiger charge is -2.71. The third-order valence-corrected chi connectivity index (χ3v) is 13.3. The lowest BCUT2D eigenvalue weighted by molar-refractivity contribution is -0.207. The maximum Gasteiger partial charge on any atom is 0.310 e. The van der Waals surface area contributed by atoms with Crippen molar-refractivity contribution in [3.05, 3.63) is 11.6 Å². The van der Waals surface area contributed by atoms with Gasteiger partial charge in [0, 0.05) is 7.11 Å². The fourth-order valence-corrected chi connectivity index (χ4v) is 10.6. The lowest BCUT2D eigenvalue weighted by Crippen LogP contribution is -2.65. The number of aliphatic carboxylic acids is 1. The second-order valence-corrected chi connectivity index (χ2v) is 14.5. The molecule has 0 unspecified atom stereocenters. The molecule has 5 rings (SSSR count). The lowest BCUT2D eigenvalue weighted by atomic mass is 9.33. The van der Waals surface area contributed by atoms with Crippen molar-refractivity contribution in [2.45, 2.75) is 117 Å². The summed E-state index contributed by atoms with van der Waals surface area (Å²) in [5, 5.41) is 21.4. The first-order chi connectivity index (χ1) is 15.7. The summed E-state index contributed by atoms with van der Waals surface area (Å²) < 4.78 is 5.97. The molecule has 4 saturated carbocycles. The highest BCUT2D eigenvalue weighted by Crippen LogP contribution is 2.75. The van der Waals surface area contributed by atoms with Crippen LogP contribution in [0.4, 0.5) is 0 Å². The summed E-state index contributed by atoms with van der Waals surface area (Å²) in [6.45, 7) is 14.3. The third-order valence-electron chi connectivity index (χ3n) is 13.3. The van der Waals surface area contributed by atoms with Gasteiger partial charge in [0.25, 0.3) is 0 Å². The first kappa shape index (κ1) is 24.8. The standard InChI is InChI=1S/C30H48O4/c1-25(2)21-10-13-29(6)22(27(21,4)12-11-23(25)31)9-8-19-20-18-26(3,34-7)14-16-30(20,24(32)33)17-15-28(19,29)5/h8,20-23,31H,9-18H2,1-7H3,(H,32,33)/t20-,21+,22-,23-,26-,27-,28+,29+,30-/m0/s1. The van der Waals surface area contributed by atoms with Crippen LogP contribution >= 0.6 is 0 Å². The van der Waals surface area contributed by atoms with Crippen LogP contribution in [0.3, 0.4) is 0 Å². The number of rotatable bonds is 2. The molecule has 192 valence electrons. The first-order valence-corrected chi connectivity index (χ1v) is 13.9. The van der Waals surface area contributed by atoms with Gasteiger partial charge in [-0.25, -0.2) is 0 Å². The molecule has 0 amide bonds. The molecule has 2 N–H and O–H groups in total. The van der Waals surface area contributed by atoms with Gasteiger partial charge in [0.1, 0.15) is 0 Å². The summed E-state index contributed by atoms with van der Waals surface area (Å²) >= 11 is 0. The zero-order valence-electron chi connectivity index (χ0n) is 22.7. The predicted molar refractivity (Wildman–Crippen MR) is 134 cm³/mol. The molecule has 9 atom stereocenters. The topological polar surface area (TPSA) is 66.8 Å². The van der Waals surface area contributed by atoms with Crippen LogP contribution in [0.1, 0.15) is 106 Å².